The summed E-state index contributed by atoms with van der Waals surface area (Å²) >= 11 is 11.9. The SMILES string of the molecule is CC1CCC(C(NN)c2ccc(Cl)c(Cl)c2)O1. The zero-order valence-corrected chi connectivity index (χ0v) is 11.1. The summed E-state index contributed by atoms with van der Waals surface area (Å²) < 4.78 is 5.82. The molecule has 3 nitrogen and oxygen atoms in total. The third-order valence-corrected chi connectivity index (χ3v) is 3.86. The minimum atomic E-state index is -0.0466. The second kappa shape index (κ2) is 5.55. The minimum absolute atomic E-state index is 0.0466. The van der Waals surface area contributed by atoms with Crippen molar-refractivity contribution in [2.45, 2.75) is 38.0 Å². The first kappa shape index (κ1) is 13.1. The van der Waals surface area contributed by atoms with E-state index in [0.717, 1.165) is 18.4 Å². The Kier molecular flexibility index (Phi) is 4.28. The highest BCUT2D eigenvalue weighted by Gasteiger charge is 2.30. The fourth-order valence-corrected chi connectivity index (χ4v) is 2.51. The maximum absolute atomic E-state index is 6.01. The Balaban J connectivity index is 2.20. The lowest BCUT2D eigenvalue weighted by atomic mass is 10.00. The van der Waals surface area contributed by atoms with Crippen molar-refractivity contribution in [1.82, 2.24) is 5.43 Å². The highest BCUT2D eigenvalue weighted by Crippen LogP contribution is 2.32. The Bertz CT molecular complexity index is 400. The van der Waals surface area contributed by atoms with Gasteiger partial charge in [-0.05, 0) is 37.5 Å². The number of benzene rings is 1. The van der Waals surface area contributed by atoms with E-state index in [4.69, 9.17) is 33.8 Å². The largest absolute Gasteiger partial charge is 0.373 e. The molecule has 17 heavy (non-hydrogen) atoms. The van der Waals surface area contributed by atoms with Gasteiger partial charge in [0.15, 0.2) is 0 Å². The van der Waals surface area contributed by atoms with Crippen molar-refractivity contribution in [3.63, 3.8) is 0 Å². The van der Waals surface area contributed by atoms with Crippen LogP contribution in [0, 0.1) is 0 Å². The van der Waals surface area contributed by atoms with Crippen LogP contribution >= 0.6 is 23.2 Å². The molecule has 5 heteroatoms. The molecule has 0 aromatic heterocycles. The van der Waals surface area contributed by atoms with E-state index in [-0.39, 0.29) is 12.1 Å². The monoisotopic (exact) mass is 274 g/mol. The summed E-state index contributed by atoms with van der Waals surface area (Å²) in [5.74, 6) is 5.61. The predicted molar refractivity (Wildman–Crippen MR) is 70.1 cm³/mol. The van der Waals surface area contributed by atoms with E-state index >= 15 is 0 Å². The van der Waals surface area contributed by atoms with Gasteiger partial charge in [-0.3, -0.25) is 11.3 Å². The van der Waals surface area contributed by atoms with Gasteiger partial charge in [-0.1, -0.05) is 29.3 Å². The third-order valence-electron chi connectivity index (χ3n) is 3.12. The number of ether oxygens (including phenoxy) is 1. The molecule has 0 aliphatic carbocycles. The first-order chi connectivity index (χ1) is 8.11. The highest BCUT2D eigenvalue weighted by atomic mass is 35.5. The van der Waals surface area contributed by atoms with Gasteiger partial charge in [0.05, 0.1) is 28.3 Å². The van der Waals surface area contributed by atoms with Crippen LogP contribution in [0.2, 0.25) is 10.0 Å². The van der Waals surface area contributed by atoms with Crippen LogP contribution in [0.5, 0.6) is 0 Å². The topological polar surface area (TPSA) is 47.3 Å². The van der Waals surface area contributed by atoms with Gasteiger partial charge in [0, 0.05) is 0 Å². The van der Waals surface area contributed by atoms with Crippen molar-refractivity contribution in [2.24, 2.45) is 5.84 Å². The number of hydrazine groups is 1. The summed E-state index contributed by atoms with van der Waals surface area (Å²) in [5.41, 5.74) is 3.80. The van der Waals surface area contributed by atoms with Crippen LogP contribution in [-0.2, 0) is 4.74 Å². The van der Waals surface area contributed by atoms with Crippen LogP contribution in [0.3, 0.4) is 0 Å². The van der Waals surface area contributed by atoms with E-state index in [1.807, 2.05) is 12.1 Å². The Hall–Kier alpha value is -0.320. The Morgan fingerprint density at radius 1 is 1.35 bits per heavy atom. The summed E-state index contributed by atoms with van der Waals surface area (Å²) in [6.07, 6.45) is 2.44. The predicted octanol–water partition coefficient (Wildman–Crippen LogP) is 3.07. The molecule has 1 aliphatic rings. The van der Waals surface area contributed by atoms with Gasteiger partial charge >= 0.3 is 0 Å². The van der Waals surface area contributed by atoms with Crippen LogP contribution in [-0.4, -0.2) is 12.2 Å². The van der Waals surface area contributed by atoms with Gasteiger partial charge in [-0.2, -0.15) is 0 Å². The van der Waals surface area contributed by atoms with Crippen LogP contribution < -0.4 is 11.3 Å². The smallest absolute Gasteiger partial charge is 0.0787 e. The van der Waals surface area contributed by atoms with Gasteiger partial charge in [-0.25, -0.2) is 0 Å². The standard InChI is InChI=1S/C12H16Cl2N2O/c1-7-2-5-11(17-7)12(16-15)8-3-4-9(13)10(14)6-8/h3-4,6-7,11-12,16H,2,5,15H2,1H3. The van der Waals surface area contributed by atoms with E-state index in [1.165, 1.54) is 0 Å². The Labute approximate surface area is 111 Å². The van der Waals surface area contributed by atoms with E-state index < -0.39 is 0 Å². The first-order valence-corrected chi connectivity index (χ1v) is 6.44. The molecule has 1 saturated heterocycles. The van der Waals surface area contributed by atoms with Gasteiger partial charge < -0.3 is 4.74 Å². The van der Waals surface area contributed by atoms with E-state index in [1.54, 1.807) is 6.07 Å². The summed E-state index contributed by atoms with van der Waals surface area (Å²) in [7, 11) is 0. The van der Waals surface area contributed by atoms with Gasteiger partial charge in [0.2, 0.25) is 0 Å². The molecule has 3 atom stereocenters. The molecule has 1 aliphatic heterocycles. The molecule has 0 amide bonds. The van der Waals surface area contributed by atoms with Crippen molar-refractivity contribution >= 4 is 23.2 Å². The number of halogens is 2. The van der Waals surface area contributed by atoms with Gasteiger partial charge in [-0.15, -0.1) is 0 Å². The molecule has 0 saturated carbocycles. The highest BCUT2D eigenvalue weighted by molar-refractivity contribution is 6.42. The fraction of sp³-hybridized carbons (Fsp3) is 0.500. The Morgan fingerprint density at radius 3 is 2.65 bits per heavy atom. The van der Waals surface area contributed by atoms with Crippen molar-refractivity contribution < 1.29 is 4.74 Å². The van der Waals surface area contributed by atoms with Crippen molar-refractivity contribution in [3.8, 4) is 0 Å². The second-order valence-corrected chi connectivity index (χ2v) is 5.19. The summed E-state index contributed by atoms with van der Waals surface area (Å²) in [4.78, 5) is 0. The van der Waals surface area contributed by atoms with Gasteiger partial charge in [0.1, 0.15) is 0 Å². The van der Waals surface area contributed by atoms with E-state index in [2.05, 4.69) is 12.3 Å². The number of rotatable bonds is 3. The lowest BCUT2D eigenvalue weighted by molar-refractivity contribution is 0.0316. The molecule has 1 aromatic carbocycles. The molecule has 1 heterocycles. The van der Waals surface area contributed by atoms with Crippen LogP contribution in [0.1, 0.15) is 31.4 Å². The quantitative estimate of drug-likeness (QED) is 0.658. The summed E-state index contributed by atoms with van der Waals surface area (Å²) in [6, 6.07) is 5.49. The molecule has 2 rings (SSSR count). The molecule has 0 spiro atoms. The summed E-state index contributed by atoms with van der Waals surface area (Å²) in [6.45, 7) is 2.07. The second-order valence-electron chi connectivity index (χ2n) is 4.38. The maximum atomic E-state index is 6.01. The number of hydrogen-bond donors (Lipinski definition) is 2. The average Bonchev–Trinajstić information content (AvgIpc) is 2.71. The zero-order chi connectivity index (χ0) is 12.4. The van der Waals surface area contributed by atoms with Crippen LogP contribution in [0.25, 0.3) is 0 Å². The average molecular weight is 275 g/mol. The lowest BCUT2D eigenvalue weighted by Crippen LogP contribution is -2.36. The molecular weight excluding hydrogens is 259 g/mol. The molecule has 3 N–H and O–H groups in total. The number of nitrogens with two attached hydrogens (primary N) is 1. The van der Waals surface area contributed by atoms with Crippen molar-refractivity contribution in [3.05, 3.63) is 33.8 Å². The minimum Gasteiger partial charge on any atom is -0.373 e. The van der Waals surface area contributed by atoms with Crippen molar-refractivity contribution in [1.29, 1.82) is 0 Å². The fourth-order valence-electron chi connectivity index (χ4n) is 2.20. The maximum Gasteiger partial charge on any atom is 0.0787 e. The molecule has 3 unspecified atom stereocenters. The van der Waals surface area contributed by atoms with E-state index in [0.29, 0.717) is 16.1 Å². The lowest BCUT2D eigenvalue weighted by Gasteiger charge is -2.23. The van der Waals surface area contributed by atoms with Crippen LogP contribution in [0.4, 0.5) is 0 Å². The molecule has 1 fully saturated rings. The zero-order valence-electron chi connectivity index (χ0n) is 9.62. The molecule has 94 valence electrons. The van der Waals surface area contributed by atoms with E-state index in [9.17, 15) is 0 Å². The Morgan fingerprint density at radius 2 is 2.12 bits per heavy atom. The number of hydrogen-bond acceptors (Lipinski definition) is 3. The summed E-state index contributed by atoms with van der Waals surface area (Å²) in [5, 5.41) is 1.09. The van der Waals surface area contributed by atoms with Crippen molar-refractivity contribution in [2.75, 3.05) is 0 Å². The number of nitrogens with one attached hydrogen (secondary N) is 1. The van der Waals surface area contributed by atoms with Crippen LogP contribution in [0.15, 0.2) is 18.2 Å². The molecular formula is C12H16Cl2N2O. The molecule has 0 bridgehead atoms. The molecule has 1 aromatic rings. The first-order valence-electron chi connectivity index (χ1n) is 5.68. The normalized spacial score (nSPS) is 26.1. The van der Waals surface area contributed by atoms with Gasteiger partial charge in [0.25, 0.3) is 0 Å². The third kappa shape index (κ3) is 2.92. The molecule has 0 radical (unpaired) electrons.